The molecule has 0 saturated heterocycles. The summed E-state index contributed by atoms with van der Waals surface area (Å²) in [5.74, 6) is 0.315. The summed E-state index contributed by atoms with van der Waals surface area (Å²) in [4.78, 5) is 16.1. The van der Waals surface area contributed by atoms with Crippen LogP contribution in [0.2, 0.25) is 0 Å². The van der Waals surface area contributed by atoms with E-state index in [0.29, 0.717) is 5.91 Å². The fourth-order valence-corrected chi connectivity index (χ4v) is 10.6. The van der Waals surface area contributed by atoms with Gasteiger partial charge >= 0.3 is 0 Å². The second-order valence-corrected chi connectivity index (χ2v) is 12.0. The summed E-state index contributed by atoms with van der Waals surface area (Å²) in [6.07, 6.45) is 4.15. The van der Waals surface area contributed by atoms with Gasteiger partial charge in [-0.25, -0.2) is 0 Å². The molecule has 1 aromatic rings. The quantitative estimate of drug-likeness (QED) is 0.462. The zero-order chi connectivity index (χ0) is 17.3. The molecular weight excluding hydrogens is 498 g/mol. The number of nitrogens with zero attached hydrogens (tertiary/aromatic N) is 1. The zero-order valence-electron chi connectivity index (χ0n) is 14.0. The molecule has 130 valence electrons. The third-order valence-electron chi connectivity index (χ3n) is 7.22. The van der Waals surface area contributed by atoms with Crippen molar-refractivity contribution in [2.75, 3.05) is 11.4 Å². The van der Waals surface area contributed by atoms with Gasteiger partial charge in [-0.2, -0.15) is 0 Å². The Morgan fingerprint density at radius 3 is 2.58 bits per heavy atom. The molecule has 3 saturated carbocycles. The number of carbonyl (C=O) groups is 1. The molecule has 2 bridgehead atoms. The standard InChI is InChI=1S/C19H22Br3NO/c1-17(2)18(15(21)22)9-10-19(17,14(18)20)16(24)23-11-5-7-12-6-3-4-8-13(12)23/h3-4,6,8,14-15H,5,7,9-11H2,1-2H3/t14-,18-,19-/m0/s1. The van der Waals surface area contributed by atoms with Crippen molar-refractivity contribution in [1.82, 2.24) is 0 Å². The first-order valence-electron chi connectivity index (χ1n) is 8.63. The lowest BCUT2D eigenvalue weighted by atomic mass is 9.43. The van der Waals surface area contributed by atoms with Crippen molar-refractivity contribution in [2.24, 2.45) is 16.2 Å². The fraction of sp³-hybridized carbons (Fsp3) is 0.632. The van der Waals surface area contributed by atoms with Gasteiger partial charge in [0.1, 0.15) is 0 Å². The van der Waals surface area contributed by atoms with Crippen molar-refractivity contribution in [3.8, 4) is 0 Å². The lowest BCUT2D eigenvalue weighted by Gasteiger charge is -2.66. The van der Waals surface area contributed by atoms with Crippen LogP contribution in [0.4, 0.5) is 5.69 Å². The van der Waals surface area contributed by atoms with Crippen molar-refractivity contribution >= 4 is 59.4 Å². The average molecular weight is 520 g/mol. The highest BCUT2D eigenvalue weighted by Gasteiger charge is 2.83. The maximum Gasteiger partial charge on any atom is 0.234 e. The van der Waals surface area contributed by atoms with Gasteiger partial charge in [-0.15, -0.1) is 0 Å². The Kier molecular flexibility index (Phi) is 4.06. The SMILES string of the molecule is CC1(C)[C@@]2(C(=O)N3CCCc4ccccc43)CC[C@@]1(C(Br)Br)[C@@H]2Br. The Morgan fingerprint density at radius 1 is 1.25 bits per heavy atom. The van der Waals surface area contributed by atoms with Crippen LogP contribution in [0.5, 0.6) is 0 Å². The number of carbonyl (C=O) groups excluding carboxylic acids is 1. The summed E-state index contributed by atoms with van der Waals surface area (Å²) in [7, 11) is 0. The van der Waals surface area contributed by atoms with E-state index in [2.05, 4.69) is 84.7 Å². The number of anilines is 1. The van der Waals surface area contributed by atoms with Gasteiger partial charge in [0.2, 0.25) is 5.91 Å². The Morgan fingerprint density at radius 2 is 1.96 bits per heavy atom. The van der Waals surface area contributed by atoms with Crippen molar-refractivity contribution < 1.29 is 4.79 Å². The van der Waals surface area contributed by atoms with Gasteiger partial charge in [-0.1, -0.05) is 79.8 Å². The van der Waals surface area contributed by atoms with Gasteiger partial charge in [0.05, 0.1) is 9.15 Å². The molecule has 1 aromatic carbocycles. The maximum atomic E-state index is 13.8. The largest absolute Gasteiger partial charge is 0.312 e. The predicted molar refractivity (Wildman–Crippen MR) is 109 cm³/mol. The van der Waals surface area contributed by atoms with E-state index in [0.717, 1.165) is 37.9 Å². The second kappa shape index (κ2) is 5.56. The van der Waals surface area contributed by atoms with Crippen LogP contribution < -0.4 is 4.90 Å². The van der Waals surface area contributed by atoms with Crippen LogP contribution in [-0.2, 0) is 11.2 Å². The molecule has 4 aliphatic rings. The highest BCUT2D eigenvalue weighted by Crippen LogP contribution is 2.82. The van der Waals surface area contributed by atoms with Gasteiger partial charge in [0, 0.05) is 22.5 Å². The number of aryl methyl sites for hydroxylation is 1. The van der Waals surface area contributed by atoms with E-state index in [1.54, 1.807) is 0 Å². The van der Waals surface area contributed by atoms with Crippen LogP contribution >= 0.6 is 47.8 Å². The van der Waals surface area contributed by atoms with Crippen LogP contribution in [0.15, 0.2) is 24.3 Å². The average Bonchev–Trinajstić information content (AvgIpc) is 3.03. The Labute approximate surface area is 169 Å². The molecule has 3 atom stereocenters. The van der Waals surface area contributed by atoms with E-state index in [1.165, 1.54) is 5.56 Å². The molecule has 0 spiro atoms. The van der Waals surface area contributed by atoms with Crippen molar-refractivity contribution in [2.45, 2.75) is 48.1 Å². The first-order chi connectivity index (χ1) is 11.3. The number of halogens is 3. The topological polar surface area (TPSA) is 20.3 Å². The number of fused-ring (bicyclic) bond motifs is 2. The minimum atomic E-state index is -0.308. The van der Waals surface area contributed by atoms with E-state index < -0.39 is 0 Å². The Balaban J connectivity index is 1.75. The van der Waals surface area contributed by atoms with Crippen molar-refractivity contribution in [1.29, 1.82) is 0 Å². The first kappa shape index (κ1) is 17.5. The van der Waals surface area contributed by atoms with E-state index in [1.807, 2.05) is 6.07 Å². The molecule has 1 amide bonds. The molecule has 0 radical (unpaired) electrons. The lowest BCUT2D eigenvalue weighted by molar-refractivity contribution is -0.158. The van der Waals surface area contributed by atoms with Gasteiger partial charge < -0.3 is 4.90 Å². The van der Waals surface area contributed by atoms with Gasteiger partial charge in [-0.3, -0.25) is 4.79 Å². The number of amides is 1. The summed E-state index contributed by atoms with van der Waals surface area (Å²) in [6.45, 7) is 5.40. The molecule has 3 aliphatic carbocycles. The molecule has 3 fully saturated rings. The van der Waals surface area contributed by atoms with E-state index in [9.17, 15) is 4.79 Å². The Hall–Kier alpha value is 0.130. The van der Waals surface area contributed by atoms with Crippen LogP contribution in [0, 0.1) is 16.2 Å². The minimum absolute atomic E-state index is 0.0463. The summed E-state index contributed by atoms with van der Waals surface area (Å²) in [5, 5.41) is 0. The molecule has 0 N–H and O–H groups in total. The second-order valence-electron chi connectivity index (χ2n) is 7.99. The highest BCUT2D eigenvalue weighted by atomic mass is 79.9. The number of benzene rings is 1. The van der Waals surface area contributed by atoms with E-state index >= 15 is 0 Å². The van der Waals surface area contributed by atoms with Crippen LogP contribution in [-0.4, -0.2) is 21.0 Å². The molecule has 1 aliphatic heterocycles. The molecule has 5 rings (SSSR count). The summed E-state index contributed by atoms with van der Waals surface area (Å²) >= 11 is 11.5. The van der Waals surface area contributed by atoms with Crippen molar-refractivity contribution in [3.63, 3.8) is 0 Å². The number of para-hydroxylation sites is 1. The van der Waals surface area contributed by atoms with Crippen molar-refractivity contribution in [3.05, 3.63) is 29.8 Å². The number of rotatable bonds is 2. The molecular formula is C19H22Br3NO. The summed E-state index contributed by atoms with van der Waals surface area (Å²) in [6, 6.07) is 8.39. The van der Waals surface area contributed by atoms with E-state index in [4.69, 9.17) is 0 Å². The fourth-order valence-electron chi connectivity index (χ4n) is 5.65. The predicted octanol–water partition coefficient (Wildman–Crippen LogP) is 5.65. The molecule has 0 aromatic heterocycles. The monoisotopic (exact) mass is 517 g/mol. The zero-order valence-corrected chi connectivity index (χ0v) is 18.7. The smallest absolute Gasteiger partial charge is 0.234 e. The maximum absolute atomic E-state index is 13.8. The summed E-state index contributed by atoms with van der Waals surface area (Å²) in [5.41, 5.74) is 2.15. The third kappa shape index (κ3) is 1.80. The summed E-state index contributed by atoms with van der Waals surface area (Å²) < 4.78 is 0.217. The first-order valence-corrected chi connectivity index (χ1v) is 11.4. The van der Waals surface area contributed by atoms with Crippen LogP contribution in [0.3, 0.4) is 0 Å². The molecule has 1 heterocycles. The number of hydrogen-bond acceptors (Lipinski definition) is 1. The normalized spacial score (nSPS) is 36.4. The lowest BCUT2D eigenvalue weighted by Crippen LogP contribution is -2.72. The molecule has 5 heteroatoms. The Bertz CT molecular complexity index is 704. The van der Waals surface area contributed by atoms with Crippen LogP contribution in [0.25, 0.3) is 0 Å². The molecule has 2 nitrogen and oxygen atoms in total. The van der Waals surface area contributed by atoms with Gasteiger partial charge in [0.15, 0.2) is 0 Å². The molecule has 0 unspecified atom stereocenters. The minimum Gasteiger partial charge on any atom is -0.312 e. The van der Waals surface area contributed by atoms with Crippen LogP contribution in [0.1, 0.15) is 38.7 Å². The van der Waals surface area contributed by atoms with Gasteiger partial charge in [-0.05, 0) is 42.7 Å². The highest BCUT2D eigenvalue weighted by molar-refractivity contribution is 9.24. The van der Waals surface area contributed by atoms with E-state index in [-0.39, 0.29) is 24.8 Å². The molecule has 24 heavy (non-hydrogen) atoms. The number of hydrogen-bond donors (Lipinski definition) is 0. The third-order valence-corrected chi connectivity index (χ3v) is 10.5. The van der Waals surface area contributed by atoms with Gasteiger partial charge in [0.25, 0.3) is 0 Å². The number of alkyl halides is 3.